The molecule has 1 aromatic carbocycles. The molecule has 6 heteroatoms. The zero-order chi connectivity index (χ0) is 20.7. The highest BCUT2D eigenvalue weighted by Crippen LogP contribution is 2.42. The molecule has 0 aromatic heterocycles. The van der Waals surface area contributed by atoms with Gasteiger partial charge in [-0.05, 0) is 42.9 Å². The van der Waals surface area contributed by atoms with Crippen molar-refractivity contribution in [3.05, 3.63) is 23.3 Å². The number of rotatable bonds is 5. The number of piperidine rings is 1. The lowest BCUT2D eigenvalue weighted by atomic mass is 9.68. The Morgan fingerprint density at radius 3 is 2.57 bits per heavy atom. The van der Waals surface area contributed by atoms with E-state index in [9.17, 15) is 13.2 Å². The molecule has 0 saturated carbocycles. The fourth-order valence-corrected chi connectivity index (χ4v) is 5.34. The van der Waals surface area contributed by atoms with Crippen LogP contribution in [-0.4, -0.2) is 33.0 Å². The molecule has 0 radical (unpaired) electrons. The quantitative estimate of drug-likeness (QED) is 0.808. The van der Waals surface area contributed by atoms with E-state index in [0.717, 1.165) is 37.4 Å². The predicted octanol–water partition coefficient (Wildman–Crippen LogP) is 3.99. The van der Waals surface area contributed by atoms with Crippen LogP contribution in [0, 0.1) is 17.8 Å². The van der Waals surface area contributed by atoms with Crippen molar-refractivity contribution in [3.63, 3.8) is 0 Å². The van der Waals surface area contributed by atoms with Crippen molar-refractivity contribution < 1.29 is 27.5 Å². The molecule has 158 valence electrons. The summed E-state index contributed by atoms with van der Waals surface area (Å²) in [5.41, 5.74) is 2.27. The minimum absolute atomic E-state index is 0.0314. The minimum atomic E-state index is -4.36. The van der Waals surface area contributed by atoms with Crippen molar-refractivity contribution in [3.8, 4) is 11.5 Å². The van der Waals surface area contributed by atoms with E-state index < -0.39 is 12.8 Å². The molecule has 0 spiro atoms. The van der Waals surface area contributed by atoms with Crippen LogP contribution in [0.1, 0.15) is 51.7 Å². The summed E-state index contributed by atoms with van der Waals surface area (Å²) in [6.07, 6.45) is -1.17. The Labute approximate surface area is 166 Å². The molecule has 0 bridgehead atoms. The Morgan fingerprint density at radius 1 is 1.25 bits per heavy atom. The lowest BCUT2D eigenvalue weighted by molar-refractivity contribution is -0.972. The lowest BCUT2D eigenvalue weighted by Gasteiger charge is -2.51. The Kier molecular flexibility index (Phi) is 5.91. The normalized spacial score (nSPS) is 30.0. The summed E-state index contributed by atoms with van der Waals surface area (Å²) in [5.74, 6) is 2.62. The maximum atomic E-state index is 12.6. The number of hydrogen-bond donors (Lipinski definition) is 1. The van der Waals surface area contributed by atoms with Crippen LogP contribution in [-0.2, 0) is 12.0 Å². The van der Waals surface area contributed by atoms with E-state index in [4.69, 9.17) is 9.47 Å². The number of alkyl halides is 3. The third-order valence-corrected chi connectivity index (χ3v) is 6.67. The first-order chi connectivity index (χ1) is 13.0. The monoisotopic (exact) mass is 400 g/mol. The fourth-order valence-electron chi connectivity index (χ4n) is 5.34. The number of hydrogen-bond acceptors (Lipinski definition) is 2. The van der Waals surface area contributed by atoms with Gasteiger partial charge < -0.3 is 14.4 Å². The molecule has 28 heavy (non-hydrogen) atoms. The molecule has 2 aliphatic heterocycles. The zero-order valence-electron chi connectivity index (χ0n) is 17.6. The van der Waals surface area contributed by atoms with Gasteiger partial charge in [0.25, 0.3) is 0 Å². The second-order valence-electron chi connectivity index (χ2n) is 9.27. The summed E-state index contributed by atoms with van der Waals surface area (Å²) in [6.45, 7) is 10.1. The molecule has 1 aromatic rings. The van der Waals surface area contributed by atoms with Gasteiger partial charge in [0.15, 0.2) is 18.1 Å². The van der Waals surface area contributed by atoms with Crippen LogP contribution in [0.2, 0.25) is 0 Å². The van der Waals surface area contributed by atoms with Crippen molar-refractivity contribution in [1.29, 1.82) is 0 Å². The number of fused-ring (bicyclic) bond motifs is 3. The van der Waals surface area contributed by atoms with Gasteiger partial charge in [0.05, 0.1) is 20.2 Å². The van der Waals surface area contributed by atoms with Crippen molar-refractivity contribution >= 4 is 0 Å². The van der Waals surface area contributed by atoms with Gasteiger partial charge in [0.1, 0.15) is 5.54 Å². The van der Waals surface area contributed by atoms with Crippen LogP contribution in [0.15, 0.2) is 12.1 Å². The van der Waals surface area contributed by atoms with Gasteiger partial charge in [0.2, 0.25) is 0 Å². The Morgan fingerprint density at radius 2 is 1.96 bits per heavy atom. The van der Waals surface area contributed by atoms with Gasteiger partial charge in [-0.15, -0.1) is 0 Å². The van der Waals surface area contributed by atoms with Crippen LogP contribution in [0.3, 0.4) is 0 Å². The molecular formula is C22H33F3NO2+. The lowest BCUT2D eigenvalue weighted by Crippen LogP contribution is -3.21. The number of benzene rings is 1. The Hall–Kier alpha value is -1.43. The third-order valence-electron chi connectivity index (χ3n) is 6.67. The molecule has 3 rings (SSSR count). The number of nitrogens with one attached hydrogen (secondary N) is 1. The molecule has 0 aliphatic carbocycles. The number of ether oxygens (including phenoxy) is 2. The van der Waals surface area contributed by atoms with E-state index in [2.05, 4.69) is 27.7 Å². The molecule has 1 fully saturated rings. The highest BCUT2D eigenvalue weighted by molar-refractivity contribution is 5.50. The number of quaternary nitrogens is 1. The first-order valence-electron chi connectivity index (χ1n) is 10.3. The van der Waals surface area contributed by atoms with Crippen molar-refractivity contribution in [2.75, 3.05) is 26.8 Å². The summed E-state index contributed by atoms with van der Waals surface area (Å²) in [5, 5.41) is 0. The van der Waals surface area contributed by atoms with Gasteiger partial charge in [-0.1, -0.05) is 20.8 Å². The predicted molar refractivity (Wildman–Crippen MR) is 103 cm³/mol. The topological polar surface area (TPSA) is 22.9 Å². The summed E-state index contributed by atoms with van der Waals surface area (Å²) in [7, 11) is 1.49. The Bertz CT molecular complexity index is 704. The standard InChI is InChI=1S/C22H32F3NO2/c1-14(2)8-17-12-26-7-6-16-9-20(28-13-22(23,24)25)19(27-5)10-18(16)21(26,4)11-15(17)3/h9-10,14-15,17H,6-8,11-13H2,1-5H3/p+1/t15-,17-,21-/m0/s1. The van der Waals surface area contributed by atoms with Gasteiger partial charge in [-0.2, -0.15) is 13.2 Å². The molecule has 0 amide bonds. The van der Waals surface area contributed by atoms with Crippen LogP contribution >= 0.6 is 0 Å². The summed E-state index contributed by atoms with van der Waals surface area (Å²) < 4.78 is 48.3. The second kappa shape index (κ2) is 7.77. The minimum Gasteiger partial charge on any atom is -0.493 e. The largest absolute Gasteiger partial charge is 0.493 e. The molecule has 2 aliphatic rings. The molecule has 2 heterocycles. The first-order valence-corrected chi connectivity index (χ1v) is 10.3. The van der Waals surface area contributed by atoms with Crippen molar-refractivity contribution in [1.82, 2.24) is 0 Å². The van der Waals surface area contributed by atoms with E-state index in [1.807, 2.05) is 6.07 Å². The van der Waals surface area contributed by atoms with Gasteiger partial charge in [-0.3, -0.25) is 0 Å². The molecule has 1 N–H and O–H groups in total. The van der Waals surface area contributed by atoms with Gasteiger partial charge in [0, 0.05) is 24.3 Å². The van der Waals surface area contributed by atoms with Crippen LogP contribution in [0.5, 0.6) is 11.5 Å². The smallest absolute Gasteiger partial charge is 0.422 e. The van der Waals surface area contributed by atoms with E-state index in [0.29, 0.717) is 17.6 Å². The summed E-state index contributed by atoms with van der Waals surface area (Å²) >= 11 is 0. The third kappa shape index (κ3) is 4.27. The SMILES string of the molecule is COc1cc2c(cc1OCC(F)(F)F)CC[NH+]1C[C@H](CC(C)C)[C@@H](C)C[C@@]21C. The van der Waals surface area contributed by atoms with Crippen LogP contribution in [0.4, 0.5) is 13.2 Å². The van der Waals surface area contributed by atoms with E-state index >= 15 is 0 Å². The number of halogens is 3. The fraction of sp³-hybridized carbons (Fsp3) is 0.727. The van der Waals surface area contributed by atoms with Crippen LogP contribution in [0.25, 0.3) is 0 Å². The molecule has 4 atom stereocenters. The van der Waals surface area contributed by atoms with E-state index in [1.165, 1.54) is 19.1 Å². The van der Waals surface area contributed by atoms with E-state index in [1.54, 1.807) is 11.0 Å². The molecule has 1 unspecified atom stereocenters. The highest BCUT2D eigenvalue weighted by Gasteiger charge is 2.49. The summed E-state index contributed by atoms with van der Waals surface area (Å²) in [4.78, 5) is 1.59. The first kappa shape index (κ1) is 21.3. The van der Waals surface area contributed by atoms with E-state index in [-0.39, 0.29) is 11.3 Å². The average molecular weight is 401 g/mol. The van der Waals surface area contributed by atoms with Crippen LogP contribution < -0.4 is 14.4 Å². The highest BCUT2D eigenvalue weighted by atomic mass is 19.4. The zero-order valence-corrected chi connectivity index (χ0v) is 17.6. The number of methoxy groups -OCH3 is 1. The van der Waals surface area contributed by atoms with Gasteiger partial charge in [-0.25, -0.2) is 0 Å². The Balaban J connectivity index is 1.90. The van der Waals surface area contributed by atoms with Crippen molar-refractivity contribution in [2.45, 2.75) is 58.7 Å². The average Bonchev–Trinajstić information content (AvgIpc) is 2.59. The molecule has 1 saturated heterocycles. The molecule has 3 nitrogen and oxygen atoms in total. The maximum Gasteiger partial charge on any atom is 0.422 e. The second-order valence-corrected chi connectivity index (χ2v) is 9.27. The van der Waals surface area contributed by atoms with Gasteiger partial charge >= 0.3 is 6.18 Å². The van der Waals surface area contributed by atoms with Crippen molar-refractivity contribution in [2.24, 2.45) is 17.8 Å². The maximum absolute atomic E-state index is 12.6. The summed E-state index contributed by atoms with van der Waals surface area (Å²) in [6, 6.07) is 3.70. The molecular weight excluding hydrogens is 367 g/mol.